The third-order valence-electron chi connectivity index (χ3n) is 2.88. The number of rotatable bonds is 2. The molecule has 3 aromatic rings. The van der Waals surface area contributed by atoms with E-state index in [2.05, 4.69) is 15.0 Å². The van der Waals surface area contributed by atoms with E-state index in [1.54, 1.807) is 12.4 Å². The number of nitrogens with two attached hydrogens (primary N) is 1. The summed E-state index contributed by atoms with van der Waals surface area (Å²) in [6.45, 7) is 0. The largest absolute Gasteiger partial charge is 0.319 e. The van der Waals surface area contributed by atoms with Crippen molar-refractivity contribution in [1.29, 1.82) is 0 Å². The van der Waals surface area contributed by atoms with Crippen molar-refractivity contribution in [3.63, 3.8) is 0 Å². The van der Waals surface area contributed by atoms with Crippen LogP contribution in [-0.4, -0.2) is 15.0 Å². The zero-order chi connectivity index (χ0) is 12.4. The van der Waals surface area contributed by atoms with Crippen LogP contribution in [0.1, 0.15) is 17.3 Å². The van der Waals surface area contributed by atoms with Crippen molar-refractivity contribution in [2.24, 2.45) is 5.73 Å². The lowest BCUT2D eigenvalue weighted by Gasteiger charge is -2.11. The van der Waals surface area contributed by atoms with Crippen LogP contribution in [0.15, 0.2) is 55.1 Å². The highest BCUT2D eigenvalue weighted by Gasteiger charge is 2.11. The van der Waals surface area contributed by atoms with Gasteiger partial charge in [0.2, 0.25) is 0 Å². The third-order valence-corrected chi connectivity index (χ3v) is 2.88. The molecular formula is C14H12N4. The molecular weight excluding hydrogens is 224 g/mol. The highest BCUT2D eigenvalue weighted by Crippen LogP contribution is 2.19. The number of fused-ring (bicyclic) bond motifs is 1. The van der Waals surface area contributed by atoms with Crippen LogP contribution in [0.25, 0.3) is 10.9 Å². The van der Waals surface area contributed by atoms with Crippen molar-refractivity contribution >= 4 is 10.9 Å². The van der Waals surface area contributed by atoms with E-state index in [9.17, 15) is 0 Å². The van der Waals surface area contributed by atoms with Crippen LogP contribution in [-0.2, 0) is 0 Å². The Labute approximate surface area is 105 Å². The van der Waals surface area contributed by atoms with Crippen LogP contribution in [0.4, 0.5) is 0 Å². The lowest BCUT2D eigenvalue weighted by atomic mass is 10.1. The van der Waals surface area contributed by atoms with Crippen molar-refractivity contribution in [2.75, 3.05) is 0 Å². The molecule has 0 bridgehead atoms. The number of pyridine rings is 1. The Bertz CT molecular complexity index is 667. The minimum Gasteiger partial charge on any atom is -0.319 e. The van der Waals surface area contributed by atoms with E-state index in [1.165, 1.54) is 6.33 Å². The summed E-state index contributed by atoms with van der Waals surface area (Å²) in [6.07, 6.45) is 4.92. The fourth-order valence-electron chi connectivity index (χ4n) is 1.90. The SMILES string of the molecule is NC(c1cncnc1)c1ccc2ccccc2n1. The molecule has 0 aliphatic carbocycles. The van der Waals surface area contributed by atoms with Gasteiger partial charge in [0.1, 0.15) is 6.33 Å². The molecule has 2 aromatic heterocycles. The van der Waals surface area contributed by atoms with Gasteiger partial charge in [0.25, 0.3) is 0 Å². The van der Waals surface area contributed by atoms with Crippen LogP contribution >= 0.6 is 0 Å². The molecule has 1 aromatic carbocycles. The lowest BCUT2D eigenvalue weighted by Crippen LogP contribution is -2.14. The Hall–Kier alpha value is -2.33. The van der Waals surface area contributed by atoms with Gasteiger partial charge in [-0.05, 0) is 12.1 Å². The van der Waals surface area contributed by atoms with Crippen LogP contribution in [0.3, 0.4) is 0 Å². The first-order chi connectivity index (χ1) is 8.84. The number of para-hydroxylation sites is 1. The fourth-order valence-corrected chi connectivity index (χ4v) is 1.90. The molecule has 0 spiro atoms. The normalized spacial score (nSPS) is 12.5. The highest BCUT2D eigenvalue weighted by molar-refractivity contribution is 5.78. The van der Waals surface area contributed by atoms with Gasteiger partial charge in [0, 0.05) is 23.3 Å². The van der Waals surface area contributed by atoms with E-state index in [-0.39, 0.29) is 6.04 Å². The maximum absolute atomic E-state index is 6.16. The Morgan fingerprint density at radius 1 is 0.944 bits per heavy atom. The maximum Gasteiger partial charge on any atom is 0.115 e. The quantitative estimate of drug-likeness (QED) is 0.739. The number of aromatic nitrogens is 3. The first kappa shape index (κ1) is 10.8. The zero-order valence-electron chi connectivity index (χ0n) is 9.69. The van der Waals surface area contributed by atoms with Gasteiger partial charge in [-0.2, -0.15) is 0 Å². The molecule has 0 saturated heterocycles. The smallest absolute Gasteiger partial charge is 0.115 e. The van der Waals surface area contributed by atoms with E-state index < -0.39 is 0 Å². The predicted molar refractivity (Wildman–Crippen MR) is 69.8 cm³/mol. The molecule has 4 nitrogen and oxygen atoms in total. The van der Waals surface area contributed by atoms with Crippen molar-refractivity contribution in [1.82, 2.24) is 15.0 Å². The molecule has 0 fully saturated rings. The number of hydrogen-bond acceptors (Lipinski definition) is 4. The third kappa shape index (κ3) is 1.94. The van der Waals surface area contributed by atoms with Gasteiger partial charge in [-0.1, -0.05) is 24.3 Å². The molecule has 0 aliphatic rings. The zero-order valence-corrected chi connectivity index (χ0v) is 9.69. The highest BCUT2D eigenvalue weighted by atomic mass is 14.8. The molecule has 4 heteroatoms. The average molecular weight is 236 g/mol. The Morgan fingerprint density at radius 3 is 2.56 bits per heavy atom. The second kappa shape index (κ2) is 4.50. The molecule has 18 heavy (non-hydrogen) atoms. The van der Waals surface area contributed by atoms with Gasteiger partial charge in [-0.3, -0.25) is 4.98 Å². The van der Waals surface area contributed by atoms with Gasteiger partial charge >= 0.3 is 0 Å². The summed E-state index contributed by atoms with van der Waals surface area (Å²) in [6, 6.07) is 11.7. The second-order valence-corrected chi connectivity index (χ2v) is 4.08. The van der Waals surface area contributed by atoms with Gasteiger partial charge in [0.05, 0.1) is 17.3 Å². The van der Waals surface area contributed by atoms with E-state index in [0.29, 0.717) is 0 Å². The minimum atomic E-state index is -0.296. The Morgan fingerprint density at radius 2 is 1.72 bits per heavy atom. The first-order valence-electron chi connectivity index (χ1n) is 5.71. The minimum absolute atomic E-state index is 0.296. The molecule has 0 saturated carbocycles. The van der Waals surface area contributed by atoms with Crippen molar-refractivity contribution in [2.45, 2.75) is 6.04 Å². The molecule has 1 atom stereocenters. The van der Waals surface area contributed by atoms with E-state index in [0.717, 1.165) is 22.2 Å². The topological polar surface area (TPSA) is 64.7 Å². The molecule has 0 radical (unpaired) electrons. The second-order valence-electron chi connectivity index (χ2n) is 4.08. The van der Waals surface area contributed by atoms with Crippen molar-refractivity contribution < 1.29 is 0 Å². The summed E-state index contributed by atoms with van der Waals surface area (Å²) in [5.74, 6) is 0. The average Bonchev–Trinajstić information content (AvgIpc) is 2.47. The summed E-state index contributed by atoms with van der Waals surface area (Å²) in [5, 5.41) is 1.11. The number of benzene rings is 1. The van der Waals surface area contributed by atoms with Crippen molar-refractivity contribution in [3.8, 4) is 0 Å². The number of hydrogen-bond donors (Lipinski definition) is 1. The van der Waals surface area contributed by atoms with Crippen molar-refractivity contribution in [3.05, 3.63) is 66.4 Å². The van der Waals surface area contributed by atoms with E-state index >= 15 is 0 Å². The van der Waals surface area contributed by atoms with Gasteiger partial charge in [-0.15, -0.1) is 0 Å². The summed E-state index contributed by atoms with van der Waals surface area (Å²) >= 11 is 0. The standard InChI is InChI=1S/C14H12N4/c15-14(11-7-16-9-17-8-11)13-6-5-10-3-1-2-4-12(10)18-13/h1-9,14H,15H2. The van der Waals surface area contributed by atoms with E-state index in [4.69, 9.17) is 5.73 Å². The molecule has 3 rings (SSSR count). The monoisotopic (exact) mass is 236 g/mol. The molecule has 0 amide bonds. The van der Waals surface area contributed by atoms with Crippen LogP contribution < -0.4 is 5.73 Å². The first-order valence-corrected chi connectivity index (χ1v) is 5.71. The maximum atomic E-state index is 6.16. The van der Waals surface area contributed by atoms with Gasteiger partial charge < -0.3 is 5.73 Å². The summed E-state index contributed by atoms with van der Waals surface area (Å²) in [5.41, 5.74) is 8.80. The van der Waals surface area contributed by atoms with E-state index in [1.807, 2.05) is 36.4 Å². The summed E-state index contributed by atoms with van der Waals surface area (Å²) in [4.78, 5) is 12.5. The van der Waals surface area contributed by atoms with Gasteiger partial charge in [0.15, 0.2) is 0 Å². The molecule has 1 unspecified atom stereocenters. The Balaban J connectivity index is 2.04. The molecule has 2 N–H and O–H groups in total. The number of nitrogens with zero attached hydrogens (tertiary/aromatic N) is 3. The van der Waals surface area contributed by atoms with Gasteiger partial charge in [-0.25, -0.2) is 9.97 Å². The van der Waals surface area contributed by atoms with Crippen LogP contribution in [0, 0.1) is 0 Å². The lowest BCUT2D eigenvalue weighted by molar-refractivity contribution is 0.819. The predicted octanol–water partition coefficient (Wildman–Crippen LogP) is 2.07. The molecule has 0 aliphatic heterocycles. The molecule has 2 heterocycles. The Kier molecular flexibility index (Phi) is 2.70. The summed E-state index contributed by atoms with van der Waals surface area (Å²) < 4.78 is 0. The van der Waals surface area contributed by atoms with Crippen LogP contribution in [0.5, 0.6) is 0 Å². The van der Waals surface area contributed by atoms with Crippen LogP contribution in [0.2, 0.25) is 0 Å². The summed E-state index contributed by atoms with van der Waals surface area (Å²) in [7, 11) is 0. The fraction of sp³-hybridized carbons (Fsp3) is 0.0714. The molecule has 88 valence electrons.